The molecule has 8 nitrogen and oxygen atoms in total. The lowest BCUT2D eigenvalue weighted by molar-refractivity contribution is -0.889. The van der Waals surface area contributed by atoms with Gasteiger partial charge in [0.15, 0.2) is 6.10 Å². The van der Waals surface area contributed by atoms with Gasteiger partial charge in [0.2, 0.25) is 0 Å². The number of hydrogen-bond donors (Lipinski definition) is 0. The zero-order valence-electron chi connectivity index (χ0n) is 29.5. The van der Waals surface area contributed by atoms with Gasteiger partial charge in [0.25, 0.3) is 0 Å². The first-order valence-electron chi connectivity index (χ1n) is 17.9. The maximum Gasteiger partial charge on any atom is 0.306 e. The molecule has 0 heterocycles. The predicted octanol–water partition coefficient (Wildman–Crippen LogP) is 7.24. The van der Waals surface area contributed by atoms with Crippen LogP contribution in [0.4, 0.5) is 0 Å². The summed E-state index contributed by atoms with van der Waals surface area (Å²) in [5.41, 5.74) is 0. The summed E-state index contributed by atoms with van der Waals surface area (Å²) < 4.78 is 17.0. The lowest BCUT2D eigenvalue weighted by Gasteiger charge is -2.34. The van der Waals surface area contributed by atoms with Crippen molar-refractivity contribution in [3.63, 3.8) is 0 Å². The van der Waals surface area contributed by atoms with E-state index in [1.807, 2.05) is 0 Å². The number of aliphatic carboxylic acids is 1. The first-order valence-corrected chi connectivity index (χ1v) is 17.9. The number of rotatable bonds is 31. The monoisotopic (exact) mass is 637 g/mol. The van der Waals surface area contributed by atoms with Crippen LogP contribution in [0.2, 0.25) is 0 Å². The van der Waals surface area contributed by atoms with E-state index in [0.29, 0.717) is 12.8 Å². The van der Waals surface area contributed by atoms with E-state index in [2.05, 4.69) is 38.2 Å². The topological polar surface area (TPSA) is 102 Å². The van der Waals surface area contributed by atoms with Crippen LogP contribution in [-0.4, -0.2) is 75.5 Å². The standard InChI is InChI=1S/C37H67NO7/c1-6-8-10-12-14-15-16-17-18-19-20-22-24-26-28-36(40)45-33(31-43-30-29-34(37(41)42)38(3,4)5)32-44-35(39)27-25-23-21-13-11-9-7-2/h12,14,16-17,33-34H,6-11,13,15,18-32H2,1-5H3/b14-12-,17-16-. The molecular weight excluding hydrogens is 570 g/mol. The lowest BCUT2D eigenvalue weighted by atomic mass is 10.1. The summed E-state index contributed by atoms with van der Waals surface area (Å²) in [5.74, 6) is -1.76. The smallest absolute Gasteiger partial charge is 0.306 e. The average Bonchev–Trinajstić information content (AvgIpc) is 2.98. The molecule has 0 rings (SSSR count). The highest BCUT2D eigenvalue weighted by atomic mass is 16.6. The number of carbonyl (C=O) groups is 3. The van der Waals surface area contributed by atoms with Crippen LogP contribution in [0.15, 0.2) is 24.3 Å². The molecule has 2 atom stereocenters. The van der Waals surface area contributed by atoms with Gasteiger partial charge in [-0.25, -0.2) is 0 Å². The van der Waals surface area contributed by atoms with Gasteiger partial charge in [-0.3, -0.25) is 9.59 Å². The number of likely N-dealkylation sites (N-methyl/N-ethyl adjacent to an activating group) is 1. The number of ether oxygens (including phenoxy) is 3. The highest BCUT2D eigenvalue weighted by molar-refractivity contribution is 5.70. The van der Waals surface area contributed by atoms with Crippen molar-refractivity contribution >= 4 is 17.9 Å². The number of nitrogens with zero attached hydrogens (tertiary/aromatic N) is 1. The Hall–Kier alpha value is -2.19. The third-order valence-electron chi connectivity index (χ3n) is 7.84. The van der Waals surface area contributed by atoms with Crippen molar-refractivity contribution in [3.05, 3.63) is 24.3 Å². The minimum absolute atomic E-state index is 0.0371. The molecule has 0 aliphatic heterocycles. The summed E-state index contributed by atoms with van der Waals surface area (Å²) in [7, 11) is 5.38. The number of quaternary nitrogens is 1. The fraction of sp³-hybridized carbons (Fsp3) is 0.811. The van der Waals surface area contributed by atoms with Crippen LogP contribution in [0.5, 0.6) is 0 Å². The van der Waals surface area contributed by atoms with E-state index in [1.165, 1.54) is 44.9 Å². The van der Waals surface area contributed by atoms with Crippen molar-refractivity contribution in [1.82, 2.24) is 0 Å². The number of esters is 2. The summed E-state index contributed by atoms with van der Waals surface area (Å²) in [5, 5.41) is 11.5. The molecule has 0 aliphatic carbocycles. The Labute approximate surface area is 275 Å². The Morgan fingerprint density at radius 1 is 0.667 bits per heavy atom. The SMILES string of the molecule is CCCC/C=C\C/C=C\CCCCCCCC(=O)OC(COCCC(C(=O)[O-])[N+](C)(C)C)COC(=O)CCCCCCCCC. The molecule has 45 heavy (non-hydrogen) atoms. The number of carboxylic acid groups (broad SMARTS) is 1. The summed E-state index contributed by atoms with van der Waals surface area (Å²) in [4.78, 5) is 36.4. The van der Waals surface area contributed by atoms with E-state index in [1.54, 1.807) is 21.1 Å². The molecule has 0 saturated carbocycles. The molecule has 0 aromatic rings. The zero-order chi connectivity index (χ0) is 33.6. The quantitative estimate of drug-likeness (QED) is 0.0342. The molecular formula is C37H67NO7. The second-order valence-electron chi connectivity index (χ2n) is 13.1. The Kier molecular flexibility index (Phi) is 27.8. The van der Waals surface area contributed by atoms with Gasteiger partial charge in [0, 0.05) is 19.3 Å². The molecule has 0 amide bonds. The first-order chi connectivity index (χ1) is 21.6. The maximum absolute atomic E-state index is 12.6. The third kappa shape index (κ3) is 27.8. The number of carbonyl (C=O) groups excluding carboxylic acids is 3. The van der Waals surface area contributed by atoms with Gasteiger partial charge in [-0.1, -0.05) is 109 Å². The first kappa shape index (κ1) is 42.8. The molecule has 0 aliphatic rings. The normalized spacial score (nSPS) is 13.4. The molecule has 0 aromatic carbocycles. The minimum Gasteiger partial charge on any atom is -0.544 e. The maximum atomic E-state index is 12.6. The van der Waals surface area contributed by atoms with Gasteiger partial charge >= 0.3 is 11.9 Å². The van der Waals surface area contributed by atoms with Crippen molar-refractivity contribution in [2.45, 2.75) is 154 Å². The molecule has 0 bridgehead atoms. The van der Waals surface area contributed by atoms with E-state index in [9.17, 15) is 19.5 Å². The Bertz CT molecular complexity index is 803. The Morgan fingerprint density at radius 3 is 1.78 bits per heavy atom. The molecule has 0 aromatic heterocycles. The summed E-state index contributed by atoms with van der Waals surface area (Å²) in [6.45, 7) is 4.54. The Balaban J connectivity index is 4.45. The minimum atomic E-state index is -1.13. The number of unbranched alkanes of at least 4 members (excludes halogenated alkanes) is 13. The third-order valence-corrected chi connectivity index (χ3v) is 7.84. The molecule has 0 radical (unpaired) electrons. The van der Waals surface area contributed by atoms with Gasteiger partial charge in [-0.15, -0.1) is 0 Å². The van der Waals surface area contributed by atoms with Crippen LogP contribution < -0.4 is 5.11 Å². The Morgan fingerprint density at radius 2 is 1.20 bits per heavy atom. The molecule has 262 valence electrons. The van der Waals surface area contributed by atoms with Crippen LogP contribution in [0.25, 0.3) is 0 Å². The number of carboxylic acids is 1. The molecule has 8 heteroatoms. The van der Waals surface area contributed by atoms with E-state index in [-0.39, 0.29) is 42.7 Å². The van der Waals surface area contributed by atoms with E-state index >= 15 is 0 Å². The van der Waals surface area contributed by atoms with Gasteiger partial charge < -0.3 is 28.6 Å². The van der Waals surface area contributed by atoms with Crippen LogP contribution >= 0.6 is 0 Å². The number of hydrogen-bond acceptors (Lipinski definition) is 7. The van der Waals surface area contributed by atoms with Crippen molar-refractivity contribution in [2.24, 2.45) is 0 Å². The summed E-state index contributed by atoms with van der Waals surface area (Å²) >= 11 is 0. The number of allylic oxidation sites excluding steroid dienone is 4. The van der Waals surface area contributed by atoms with Gasteiger partial charge in [-0.2, -0.15) is 0 Å². The fourth-order valence-corrected chi connectivity index (χ4v) is 4.97. The van der Waals surface area contributed by atoms with Crippen LogP contribution in [0.1, 0.15) is 142 Å². The average molecular weight is 638 g/mol. The molecule has 0 N–H and O–H groups in total. The van der Waals surface area contributed by atoms with Gasteiger partial charge in [0.05, 0.1) is 40.3 Å². The molecule has 0 fully saturated rings. The van der Waals surface area contributed by atoms with Crippen molar-refractivity contribution < 1.29 is 38.2 Å². The fourth-order valence-electron chi connectivity index (χ4n) is 4.97. The van der Waals surface area contributed by atoms with Crippen LogP contribution in [0.3, 0.4) is 0 Å². The highest BCUT2D eigenvalue weighted by Gasteiger charge is 2.25. The molecule has 2 unspecified atom stereocenters. The van der Waals surface area contributed by atoms with Crippen molar-refractivity contribution in [1.29, 1.82) is 0 Å². The van der Waals surface area contributed by atoms with Crippen molar-refractivity contribution in [2.75, 3.05) is 41.0 Å². The summed E-state index contributed by atoms with van der Waals surface area (Å²) in [6.07, 6.45) is 27.8. The van der Waals surface area contributed by atoms with Crippen LogP contribution in [-0.2, 0) is 28.6 Å². The summed E-state index contributed by atoms with van der Waals surface area (Å²) in [6, 6.07) is -0.723. The van der Waals surface area contributed by atoms with Crippen LogP contribution in [0, 0.1) is 0 Å². The van der Waals surface area contributed by atoms with E-state index in [4.69, 9.17) is 14.2 Å². The van der Waals surface area contributed by atoms with E-state index < -0.39 is 18.1 Å². The van der Waals surface area contributed by atoms with E-state index in [0.717, 1.165) is 64.2 Å². The van der Waals surface area contributed by atoms with Gasteiger partial charge in [0.1, 0.15) is 12.6 Å². The second-order valence-corrected chi connectivity index (χ2v) is 13.1. The molecule has 0 saturated heterocycles. The zero-order valence-corrected chi connectivity index (χ0v) is 29.5. The highest BCUT2D eigenvalue weighted by Crippen LogP contribution is 2.12. The second kappa shape index (κ2) is 29.2. The predicted molar refractivity (Wildman–Crippen MR) is 180 cm³/mol. The largest absolute Gasteiger partial charge is 0.544 e. The van der Waals surface area contributed by atoms with Gasteiger partial charge in [-0.05, 0) is 38.5 Å². The van der Waals surface area contributed by atoms with Crippen molar-refractivity contribution in [3.8, 4) is 0 Å². The lowest BCUT2D eigenvalue weighted by Crippen LogP contribution is -2.55. The molecule has 0 spiro atoms.